The Morgan fingerprint density at radius 1 is 1.37 bits per heavy atom. The summed E-state index contributed by atoms with van der Waals surface area (Å²) >= 11 is 0. The molecule has 1 aliphatic rings. The van der Waals surface area contributed by atoms with Gasteiger partial charge in [-0.25, -0.2) is 9.64 Å². The standard InChI is InChI=1S/C21H28BN3O5/c1-15(2)12-18(23-3)20(26)25-11-7-10-17(25)14-30-21(27)24-19(22(28)29)13-16-8-5-4-6-9-16/h4-6,8-9,12,15,17,19,28-29H,7,10-11,13-14H2,1-2H3,(H,24,27)/t17-,19-/m0/s1. The number of allylic oxidation sites excluding steroid dienone is 1. The van der Waals surface area contributed by atoms with Crippen LogP contribution in [-0.4, -0.2) is 59.2 Å². The summed E-state index contributed by atoms with van der Waals surface area (Å²) < 4.78 is 5.26. The van der Waals surface area contributed by atoms with E-state index in [1.165, 1.54) is 0 Å². The zero-order chi connectivity index (χ0) is 22.1. The summed E-state index contributed by atoms with van der Waals surface area (Å²) in [6, 6.07) is 8.83. The van der Waals surface area contributed by atoms with E-state index < -0.39 is 19.2 Å². The van der Waals surface area contributed by atoms with E-state index in [9.17, 15) is 19.6 Å². The topological polar surface area (TPSA) is 103 Å². The van der Waals surface area contributed by atoms with Crippen LogP contribution in [0.5, 0.6) is 0 Å². The summed E-state index contributed by atoms with van der Waals surface area (Å²) in [5, 5.41) is 21.6. The molecule has 1 aromatic rings. The predicted octanol–water partition coefficient (Wildman–Crippen LogP) is 1.79. The van der Waals surface area contributed by atoms with E-state index in [1.54, 1.807) is 11.0 Å². The molecule has 30 heavy (non-hydrogen) atoms. The molecular weight excluding hydrogens is 385 g/mol. The molecule has 0 unspecified atom stereocenters. The number of hydrogen-bond acceptors (Lipinski definition) is 5. The van der Waals surface area contributed by atoms with Gasteiger partial charge in [-0.2, -0.15) is 0 Å². The van der Waals surface area contributed by atoms with Crippen LogP contribution in [0.15, 0.2) is 42.1 Å². The number of alkyl carbamates (subject to hydrolysis) is 1. The summed E-state index contributed by atoms with van der Waals surface area (Å²) in [5.74, 6) is -1.20. The van der Waals surface area contributed by atoms with Crippen molar-refractivity contribution in [2.45, 2.75) is 45.1 Å². The first-order valence-electron chi connectivity index (χ1n) is 10.1. The third-order valence-electron chi connectivity index (χ3n) is 4.84. The van der Waals surface area contributed by atoms with Gasteiger partial charge < -0.3 is 25.0 Å². The Morgan fingerprint density at radius 3 is 2.67 bits per heavy atom. The maximum atomic E-state index is 12.7. The average Bonchev–Trinajstić information content (AvgIpc) is 3.18. The molecule has 1 heterocycles. The number of hydrogen-bond donors (Lipinski definition) is 3. The molecule has 3 N–H and O–H groups in total. The number of nitrogens with one attached hydrogen (secondary N) is 1. The molecule has 1 aliphatic heterocycles. The third kappa shape index (κ3) is 6.90. The predicted molar refractivity (Wildman–Crippen MR) is 113 cm³/mol. The van der Waals surface area contributed by atoms with Crippen molar-refractivity contribution < 1.29 is 24.4 Å². The van der Waals surface area contributed by atoms with Gasteiger partial charge in [-0.15, -0.1) is 0 Å². The van der Waals surface area contributed by atoms with Gasteiger partial charge in [0.1, 0.15) is 6.61 Å². The Kier molecular flexibility index (Phi) is 8.90. The van der Waals surface area contributed by atoms with Crippen molar-refractivity contribution in [3.05, 3.63) is 59.1 Å². The van der Waals surface area contributed by atoms with Crippen molar-refractivity contribution in [1.82, 2.24) is 10.2 Å². The molecule has 2 rings (SSSR count). The first kappa shape index (κ1) is 23.5. The van der Waals surface area contributed by atoms with E-state index in [-0.39, 0.29) is 36.6 Å². The molecule has 0 bridgehead atoms. The van der Waals surface area contributed by atoms with E-state index >= 15 is 0 Å². The van der Waals surface area contributed by atoms with Crippen LogP contribution >= 0.6 is 0 Å². The molecule has 0 spiro atoms. The molecule has 0 radical (unpaired) electrons. The Balaban J connectivity index is 1.92. The highest BCUT2D eigenvalue weighted by Gasteiger charge is 2.32. The van der Waals surface area contributed by atoms with E-state index in [0.717, 1.165) is 12.0 Å². The molecule has 0 aliphatic carbocycles. The highest BCUT2D eigenvalue weighted by molar-refractivity contribution is 6.43. The van der Waals surface area contributed by atoms with Crippen LogP contribution in [0.1, 0.15) is 32.3 Å². The Morgan fingerprint density at radius 2 is 2.07 bits per heavy atom. The van der Waals surface area contributed by atoms with E-state index in [0.29, 0.717) is 13.0 Å². The maximum absolute atomic E-state index is 12.7. The second-order valence-corrected chi connectivity index (χ2v) is 7.65. The minimum atomic E-state index is -1.75. The number of carbonyl (C=O) groups excluding carboxylic acids is 2. The van der Waals surface area contributed by atoms with Crippen LogP contribution in [0.25, 0.3) is 4.85 Å². The minimum absolute atomic E-state index is 0.0237. The number of amides is 2. The monoisotopic (exact) mass is 413 g/mol. The lowest BCUT2D eigenvalue weighted by atomic mass is 9.76. The molecule has 9 heteroatoms. The second-order valence-electron chi connectivity index (χ2n) is 7.65. The van der Waals surface area contributed by atoms with Crippen molar-refractivity contribution in [3.8, 4) is 0 Å². The van der Waals surface area contributed by atoms with Gasteiger partial charge in [0.15, 0.2) is 0 Å². The van der Waals surface area contributed by atoms with Gasteiger partial charge in [0.05, 0.1) is 18.6 Å². The number of nitrogens with zero attached hydrogens (tertiary/aromatic N) is 2. The SMILES string of the molecule is [C-]#[N+]C(=CC(C)C)C(=O)N1CCC[C@H]1COC(=O)N[C@@H](Cc1ccccc1)B(O)O. The highest BCUT2D eigenvalue weighted by Crippen LogP contribution is 2.21. The smallest absolute Gasteiger partial charge is 0.447 e. The lowest BCUT2D eigenvalue weighted by molar-refractivity contribution is -0.128. The van der Waals surface area contributed by atoms with Crippen LogP contribution in [0.2, 0.25) is 0 Å². The lowest BCUT2D eigenvalue weighted by Crippen LogP contribution is -2.49. The summed E-state index contributed by atoms with van der Waals surface area (Å²) in [4.78, 5) is 29.8. The van der Waals surface area contributed by atoms with Crippen molar-refractivity contribution in [2.24, 2.45) is 5.92 Å². The van der Waals surface area contributed by atoms with Gasteiger partial charge in [-0.3, -0.25) is 4.79 Å². The van der Waals surface area contributed by atoms with Crippen molar-refractivity contribution in [3.63, 3.8) is 0 Å². The highest BCUT2D eigenvalue weighted by atomic mass is 16.5. The maximum Gasteiger partial charge on any atom is 0.475 e. The Labute approximate surface area is 177 Å². The summed E-state index contributed by atoms with van der Waals surface area (Å²) in [6.45, 7) is 11.5. The van der Waals surface area contributed by atoms with Crippen molar-refractivity contribution in [2.75, 3.05) is 13.2 Å². The largest absolute Gasteiger partial charge is 0.475 e. The first-order chi connectivity index (χ1) is 14.3. The third-order valence-corrected chi connectivity index (χ3v) is 4.84. The first-order valence-corrected chi connectivity index (χ1v) is 10.1. The number of ether oxygens (including phenoxy) is 1. The summed E-state index contributed by atoms with van der Waals surface area (Å²) in [7, 11) is -1.75. The fraction of sp³-hybridized carbons (Fsp3) is 0.476. The zero-order valence-electron chi connectivity index (χ0n) is 17.3. The summed E-state index contributed by atoms with van der Waals surface area (Å²) in [6.07, 6.45) is 2.51. The number of likely N-dealkylation sites (tertiary alicyclic amines) is 1. The van der Waals surface area contributed by atoms with Crippen LogP contribution in [0.3, 0.4) is 0 Å². The molecular formula is C21H28BN3O5. The Hall–Kier alpha value is -2.83. The average molecular weight is 413 g/mol. The number of rotatable bonds is 8. The molecule has 1 fully saturated rings. The van der Waals surface area contributed by atoms with Gasteiger partial charge in [0.2, 0.25) is 5.70 Å². The molecule has 2 amide bonds. The number of benzene rings is 1. The van der Waals surface area contributed by atoms with E-state index in [2.05, 4.69) is 10.2 Å². The zero-order valence-corrected chi connectivity index (χ0v) is 17.3. The van der Waals surface area contributed by atoms with Gasteiger partial charge in [0.25, 0.3) is 5.91 Å². The van der Waals surface area contributed by atoms with E-state index in [1.807, 2.05) is 44.2 Å². The molecule has 1 aromatic carbocycles. The summed E-state index contributed by atoms with van der Waals surface area (Å²) in [5.41, 5.74) is 0.916. The van der Waals surface area contributed by atoms with E-state index in [4.69, 9.17) is 11.3 Å². The van der Waals surface area contributed by atoms with Gasteiger partial charge >= 0.3 is 13.2 Å². The van der Waals surface area contributed by atoms with Crippen molar-refractivity contribution in [1.29, 1.82) is 0 Å². The van der Waals surface area contributed by atoms with Crippen LogP contribution in [0, 0.1) is 12.5 Å². The number of carbonyl (C=O) groups is 2. The van der Waals surface area contributed by atoms with Crippen molar-refractivity contribution >= 4 is 19.1 Å². The normalized spacial score (nSPS) is 17.4. The molecule has 0 aromatic heterocycles. The van der Waals surface area contributed by atoms with Crippen LogP contribution in [-0.2, 0) is 16.0 Å². The van der Waals surface area contributed by atoms with Crippen LogP contribution < -0.4 is 5.32 Å². The fourth-order valence-electron chi connectivity index (χ4n) is 3.36. The molecule has 8 nitrogen and oxygen atoms in total. The van der Waals surface area contributed by atoms with Gasteiger partial charge in [-0.05, 0) is 30.7 Å². The molecule has 1 saturated heterocycles. The fourth-order valence-corrected chi connectivity index (χ4v) is 3.36. The molecule has 160 valence electrons. The molecule has 2 atom stereocenters. The quantitative estimate of drug-likeness (QED) is 0.343. The molecule has 0 saturated carbocycles. The van der Waals surface area contributed by atoms with Gasteiger partial charge in [-0.1, -0.05) is 50.3 Å². The second kappa shape index (κ2) is 11.4. The van der Waals surface area contributed by atoms with Crippen LogP contribution in [0.4, 0.5) is 4.79 Å². The minimum Gasteiger partial charge on any atom is -0.447 e. The lowest BCUT2D eigenvalue weighted by Gasteiger charge is -2.25. The Bertz CT molecular complexity index is 792. The van der Waals surface area contributed by atoms with Gasteiger partial charge in [0, 0.05) is 6.54 Å².